The van der Waals surface area contributed by atoms with Crippen molar-refractivity contribution in [3.8, 4) is 17.6 Å². The molecule has 0 radical (unpaired) electrons. The number of hydrogen-bond donors (Lipinski definition) is 0. The van der Waals surface area contributed by atoms with Crippen molar-refractivity contribution >= 4 is 23.1 Å². The number of diazo groups is 1. The van der Waals surface area contributed by atoms with Crippen molar-refractivity contribution < 1.29 is 9.66 Å². The number of fused-ring (bicyclic) bond motifs is 2. The molecule has 0 bridgehead atoms. The summed E-state index contributed by atoms with van der Waals surface area (Å²) in [5.74, 6) is 6.98. The minimum atomic E-state index is -0.784. The zero-order valence-electron chi connectivity index (χ0n) is 18.9. The maximum atomic E-state index is 11.2. The number of benzene rings is 3. The van der Waals surface area contributed by atoms with Crippen molar-refractivity contribution in [3.05, 3.63) is 104 Å². The van der Waals surface area contributed by atoms with E-state index in [0.29, 0.717) is 17.0 Å². The zero-order chi connectivity index (χ0) is 24.1. The van der Waals surface area contributed by atoms with Crippen LogP contribution in [0.15, 0.2) is 66.7 Å². The largest absolute Gasteiger partial charge is 0.463 e. The third-order valence-corrected chi connectivity index (χ3v) is 6.72. The van der Waals surface area contributed by atoms with Gasteiger partial charge < -0.3 is 9.64 Å². The minimum absolute atomic E-state index is 0.0360. The van der Waals surface area contributed by atoms with Gasteiger partial charge in [0.05, 0.1) is 10.3 Å². The van der Waals surface area contributed by atoms with Gasteiger partial charge in [0, 0.05) is 53.7 Å². The van der Waals surface area contributed by atoms with E-state index in [1.807, 2.05) is 43.5 Å². The number of anilines is 1. The number of rotatable bonds is 1. The molecule has 2 heterocycles. The van der Waals surface area contributed by atoms with Gasteiger partial charge in [-0.25, -0.2) is 0 Å². The summed E-state index contributed by atoms with van der Waals surface area (Å²) in [5.41, 5.74) is 3.83. The molecule has 0 amide bonds. The van der Waals surface area contributed by atoms with E-state index in [2.05, 4.69) is 41.6 Å². The fourth-order valence-electron chi connectivity index (χ4n) is 4.75. The molecular formula is C27H21N4O3+. The Labute approximate surface area is 197 Å². The van der Waals surface area contributed by atoms with Gasteiger partial charge in [-0.15, -0.1) is 0 Å². The first-order valence-electron chi connectivity index (χ1n) is 10.8. The lowest BCUT2D eigenvalue weighted by atomic mass is 9.76. The van der Waals surface area contributed by atoms with Crippen LogP contribution in [-0.2, 0) is 5.41 Å². The van der Waals surface area contributed by atoms with E-state index in [1.54, 1.807) is 18.2 Å². The van der Waals surface area contributed by atoms with Crippen LogP contribution in [0.2, 0.25) is 0 Å². The number of nitro benzene ring substituents is 1. The molecule has 34 heavy (non-hydrogen) atoms. The quantitative estimate of drug-likeness (QED) is 0.197. The molecule has 0 saturated heterocycles. The number of ether oxygens (including phenoxy) is 1. The summed E-state index contributed by atoms with van der Waals surface area (Å²) in [6.45, 7) is 4.26. The molecule has 7 heteroatoms. The van der Waals surface area contributed by atoms with Gasteiger partial charge in [-0.2, -0.15) is 0 Å². The second kappa shape index (κ2) is 7.47. The molecule has 0 saturated carbocycles. The van der Waals surface area contributed by atoms with Crippen molar-refractivity contribution in [2.24, 2.45) is 0 Å². The lowest BCUT2D eigenvalue weighted by Gasteiger charge is -2.45. The molecule has 166 valence electrons. The van der Waals surface area contributed by atoms with E-state index in [0.717, 1.165) is 22.4 Å². The Morgan fingerprint density at radius 1 is 1.03 bits per heavy atom. The van der Waals surface area contributed by atoms with E-state index in [-0.39, 0.29) is 5.69 Å². The van der Waals surface area contributed by atoms with Gasteiger partial charge in [-0.05, 0) is 68.0 Å². The van der Waals surface area contributed by atoms with Crippen LogP contribution < -0.4 is 9.64 Å². The average Bonchev–Trinajstić information content (AvgIpc) is 3.00. The summed E-state index contributed by atoms with van der Waals surface area (Å²) in [7, 11) is 1.99. The van der Waals surface area contributed by atoms with Crippen LogP contribution >= 0.6 is 0 Å². The smallest absolute Gasteiger partial charge is 0.385 e. The van der Waals surface area contributed by atoms with Gasteiger partial charge in [0.2, 0.25) is 11.1 Å². The summed E-state index contributed by atoms with van der Waals surface area (Å²) in [6.07, 6.45) is 3.89. The van der Waals surface area contributed by atoms with E-state index in [9.17, 15) is 10.1 Å². The van der Waals surface area contributed by atoms with Crippen LogP contribution in [0.25, 0.3) is 11.1 Å². The van der Waals surface area contributed by atoms with Gasteiger partial charge in [0.15, 0.2) is 4.98 Å². The Balaban J connectivity index is 1.51. The van der Waals surface area contributed by atoms with Crippen molar-refractivity contribution in [2.75, 3.05) is 11.9 Å². The molecule has 1 unspecified atom stereocenters. The fraction of sp³-hybridized carbons (Fsp3) is 0.185. The van der Waals surface area contributed by atoms with Crippen molar-refractivity contribution in [1.82, 2.24) is 0 Å². The van der Waals surface area contributed by atoms with Crippen molar-refractivity contribution in [1.29, 1.82) is 5.39 Å². The lowest BCUT2D eigenvalue weighted by Crippen LogP contribution is -2.58. The Hall–Kier alpha value is -4.62. The van der Waals surface area contributed by atoms with Crippen LogP contribution in [0.3, 0.4) is 0 Å². The molecule has 3 aromatic carbocycles. The predicted octanol–water partition coefficient (Wildman–Crippen LogP) is 6.01. The SMILES string of the molecule is CN1c2ccc(C#Cc3ccc([N+]#N)cc3)cc2C(C)(C)C12C=Cc1cc([N+](=O)[O-])ccc1O2. The van der Waals surface area contributed by atoms with Crippen molar-refractivity contribution in [3.63, 3.8) is 0 Å². The topological polar surface area (TPSA) is 83.8 Å². The maximum absolute atomic E-state index is 11.2. The molecule has 2 aliphatic heterocycles. The van der Waals surface area contributed by atoms with Crippen LogP contribution in [-0.4, -0.2) is 17.7 Å². The summed E-state index contributed by atoms with van der Waals surface area (Å²) < 4.78 is 6.57. The Bertz CT molecular complexity index is 1470. The van der Waals surface area contributed by atoms with Gasteiger partial charge >= 0.3 is 5.69 Å². The highest BCUT2D eigenvalue weighted by Gasteiger charge is 2.57. The van der Waals surface area contributed by atoms with Gasteiger partial charge in [0.25, 0.3) is 5.69 Å². The number of nitro groups is 1. The van der Waals surface area contributed by atoms with Crippen LogP contribution in [0.5, 0.6) is 5.75 Å². The molecular weight excluding hydrogens is 428 g/mol. The summed E-state index contributed by atoms with van der Waals surface area (Å²) in [5, 5.41) is 20.0. The summed E-state index contributed by atoms with van der Waals surface area (Å²) >= 11 is 0. The highest BCUT2D eigenvalue weighted by atomic mass is 16.6. The van der Waals surface area contributed by atoms with Crippen LogP contribution in [0.1, 0.15) is 36.1 Å². The number of non-ortho nitro benzene ring substituents is 1. The lowest BCUT2D eigenvalue weighted by molar-refractivity contribution is -0.384. The zero-order valence-corrected chi connectivity index (χ0v) is 18.9. The Morgan fingerprint density at radius 2 is 1.74 bits per heavy atom. The number of likely N-dealkylation sites (N-methyl/N-ethyl adjacent to an activating group) is 1. The Kier molecular flexibility index (Phi) is 4.66. The number of nitrogens with zero attached hydrogens (tertiary/aromatic N) is 4. The normalized spacial score (nSPS) is 18.8. The maximum Gasteiger partial charge on any atom is 0.385 e. The second-order valence-corrected chi connectivity index (χ2v) is 8.92. The molecule has 7 nitrogen and oxygen atoms in total. The summed E-state index contributed by atoms with van der Waals surface area (Å²) in [4.78, 5) is 16.0. The van der Waals surface area contributed by atoms with E-state index < -0.39 is 16.1 Å². The standard InChI is InChI=1S/C27H21N4O3/c1-26(2)23-16-19(5-4-18-6-9-21(29-28)10-7-18)8-12-24(23)30(3)27(26)15-14-20-17-22(31(32)33)11-13-25(20)34-27/h6-17H,1-3H3/q+1. The van der Waals surface area contributed by atoms with E-state index in [4.69, 9.17) is 10.1 Å². The molecule has 0 fully saturated rings. The molecule has 3 aromatic rings. The molecule has 0 N–H and O–H groups in total. The van der Waals surface area contributed by atoms with Crippen LogP contribution in [0, 0.1) is 27.3 Å². The first kappa shape index (κ1) is 21.2. The molecule has 0 aliphatic carbocycles. The second-order valence-electron chi connectivity index (χ2n) is 8.92. The van der Waals surface area contributed by atoms with Gasteiger partial charge in [-0.1, -0.05) is 11.8 Å². The van der Waals surface area contributed by atoms with Crippen molar-refractivity contribution in [2.45, 2.75) is 25.0 Å². The summed E-state index contributed by atoms with van der Waals surface area (Å²) in [6, 6.07) is 17.8. The fourth-order valence-corrected chi connectivity index (χ4v) is 4.75. The van der Waals surface area contributed by atoms with Crippen LogP contribution in [0.4, 0.5) is 17.1 Å². The molecule has 5 rings (SSSR count). The third kappa shape index (κ3) is 3.10. The van der Waals surface area contributed by atoms with Gasteiger partial charge in [0.1, 0.15) is 5.75 Å². The molecule has 0 aromatic heterocycles. The molecule has 1 atom stereocenters. The van der Waals surface area contributed by atoms with E-state index >= 15 is 0 Å². The highest BCUT2D eigenvalue weighted by Crippen LogP contribution is 2.54. The average molecular weight is 449 g/mol. The Morgan fingerprint density at radius 3 is 2.44 bits per heavy atom. The predicted molar refractivity (Wildman–Crippen MR) is 131 cm³/mol. The first-order valence-corrected chi connectivity index (χ1v) is 10.8. The third-order valence-electron chi connectivity index (χ3n) is 6.72. The highest BCUT2D eigenvalue weighted by molar-refractivity contribution is 5.73. The monoisotopic (exact) mass is 449 g/mol. The minimum Gasteiger partial charge on any atom is -0.463 e. The first-order chi connectivity index (χ1) is 16.2. The van der Waals surface area contributed by atoms with Gasteiger partial charge in [-0.3, -0.25) is 10.1 Å². The molecule has 2 aliphatic rings. The molecule has 1 spiro atoms. The van der Waals surface area contributed by atoms with E-state index in [1.165, 1.54) is 12.1 Å². The number of hydrogen-bond acceptors (Lipinski definition) is 5.